The summed E-state index contributed by atoms with van der Waals surface area (Å²) in [6.07, 6.45) is 12.7. The molecule has 1 heterocycles. The van der Waals surface area contributed by atoms with Crippen molar-refractivity contribution >= 4 is 41.3 Å². The maximum Gasteiger partial charge on any atom is 0.190 e. The quantitative estimate of drug-likeness (QED) is 0.403. The first-order chi connectivity index (χ1) is 10.8. The molecule has 0 bridgehead atoms. The number of hydrogen-bond donors (Lipinski definition) is 2. The molecule has 1 aromatic rings. The smallest absolute Gasteiger partial charge is 0.190 e. The van der Waals surface area contributed by atoms with Crippen molar-refractivity contribution in [2.45, 2.75) is 58.3 Å². The molecule has 132 valence electrons. The van der Waals surface area contributed by atoms with Gasteiger partial charge in [-0.2, -0.15) is 0 Å². The molecule has 1 saturated carbocycles. The molecule has 0 aromatic carbocycles. The van der Waals surface area contributed by atoms with Gasteiger partial charge in [-0.1, -0.05) is 32.1 Å². The summed E-state index contributed by atoms with van der Waals surface area (Å²) in [5, 5.41) is 8.10. The van der Waals surface area contributed by atoms with Gasteiger partial charge in [0.2, 0.25) is 0 Å². The van der Waals surface area contributed by atoms with E-state index in [0.717, 1.165) is 31.4 Å². The summed E-state index contributed by atoms with van der Waals surface area (Å²) in [4.78, 5) is 10.0. The van der Waals surface area contributed by atoms with Crippen molar-refractivity contribution in [3.8, 4) is 0 Å². The molecule has 0 atom stereocenters. The van der Waals surface area contributed by atoms with Crippen molar-refractivity contribution in [3.05, 3.63) is 16.1 Å². The highest BCUT2D eigenvalue weighted by Crippen LogP contribution is 2.21. The second-order valence-corrected chi connectivity index (χ2v) is 7.53. The predicted octanol–water partition coefficient (Wildman–Crippen LogP) is 4.14. The van der Waals surface area contributed by atoms with Crippen molar-refractivity contribution in [2.75, 3.05) is 20.1 Å². The Morgan fingerprint density at radius 2 is 1.91 bits per heavy atom. The van der Waals surface area contributed by atoms with Crippen LogP contribution in [0, 0.1) is 12.8 Å². The van der Waals surface area contributed by atoms with Gasteiger partial charge >= 0.3 is 0 Å². The Balaban J connectivity index is 0.00000264. The van der Waals surface area contributed by atoms with Gasteiger partial charge in [0, 0.05) is 37.6 Å². The van der Waals surface area contributed by atoms with E-state index in [-0.39, 0.29) is 24.0 Å². The lowest BCUT2D eigenvalue weighted by atomic mass is 9.91. The molecule has 6 heteroatoms. The molecule has 1 aliphatic rings. The molecule has 1 aromatic heterocycles. The molecule has 0 amide bonds. The summed E-state index contributed by atoms with van der Waals surface area (Å²) in [7, 11) is 1.85. The van der Waals surface area contributed by atoms with E-state index in [1.807, 2.05) is 13.2 Å². The Morgan fingerprint density at radius 1 is 1.22 bits per heavy atom. The fraction of sp³-hybridized carbons (Fsp3) is 0.765. The molecule has 2 N–H and O–H groups in total. The predicted molar refractivity (Wildman–Crippen MR) is 111 cm³/mol. The minimum atomic E-state index is 0. The molecule has 0 spiro atoms. The van der Waals surface area contributed by atoms with Gasteiger partial charge in [0.1, 0.15) is 0 Å². The van der Waals surface area contributed by atoms with Crippen LogP contribution in [0.5, 0.6) is 0 Å². The van der Waals surface area contributed by atoms with Crippen molar-refractivity contribution in [1.29, 1.82) is 0 Å². The van der Waals surface area contributed by atoms with Gasteiger partial charge < -0.3 is 10.6 Å². The van der Waals surface area contributed by atoms with Crippen LogP contribution in [-0.4, -0.2) is 31.1 Å². The van der Waals surface area contributed by atoms with E-state index in [2.05, 4.69) is 27.5 Å². The number of halogens is 1. The number of guanidine groups is 1. The lowest BCUT2D eigenvalue weighted by Crippen LogP contribution is -2.40. The monoisotopic (exact) mass is 450 g/mol. The van der Waals surface area contributed by atoms with Crippen molar-refractivity contribution in [3.63, 3.8) is 0 Å². The molecule has 23 heavy (non-hydrogen) atoms. The SMILES string of the molecule is CN=C(NCCc1ncc(C)s1)NCC1CCCCCCC1.I. The molecular weight excluding hydrogens is 419 g/mol. The van der Waals surface area contributed by atoms with Crippen LogP contribution >= 0.6 is 35.3 Å². The maximum absolute atomic E-state index is 4.40. The number of aryl methyl sites for hydroxylation is 1. The number of nitrogens with one attached hydrogen (secondary N) is 2. The number of hydrogen-bond acceptors (Lipinski definition) is 3. The number of aromatic nitrogens is 1. The number of aliphatic imine (C=N–C) groups is 1. The third-order valence-electron chi connectivity index (χ3n) is 4.31. The topological polar surface area (TPSA) is 49.3 Å². The molecule has 0 unspecified atom stereocenters. The van der Waals surface area contributed by atoms with Crippen LogP contribution in [0.1, 0.15) is 54.8 Å². The highest BCUT2D eigenvalue weighted by molar-refractivity contribution is 14.0. The van der Waals surface area contributed by atoms with Crippen LogP contribution in [-0.2, 0) is 6.42 Å². The average molecular weight is 450 g/mol. The summed E-state index contributed by atoms with van der Waals surface area (Å²) in [5.41, 5.74) is 0. The lowest BCUT2D eigenvalue weighted by Gasteiger charge is -2.21. The molecule has 0 saturated heterocycles. The van der Waals surface area contributed by atoms with Gasteiger partial charge in [0.25, 0.3) is 0 Å². The van der Waals surface area contributed by atoms with Gasteiger partial charge in [-0.05, 0) is 25.7 Å². The molecular formula is C17H31IN4S. The molecule has 0 radical (unpaired) electrons. The second-order valence-electron chi connectivity index (χ2n) is 6.21. The molecule has 1 aliphatic carbocycles. The van der Waals surface area contributed by atoms with Crippen LogP contribution in [0.15, 0.2) is 11.2 Å². The van der Waals surface area contributed by atoms with Gasteiger partial charge in [0.15, 0.2) is 5.96 Å². The Morgan fingerprint density at radius 3 is 2.52 bits per heavy atom. The average Bonchev–Trinajstić information content (AvgIpc) is 2.89. The first-order valence-corrected chi connectivity index (χ1v) is 9.45. The Kier molecular flexibility index (Phi) is 10.8. The number of rotatable bonds is 5. The lowest BCUT2D eigenvalue weighted by molar-refractivity contribution is 0.375. The number of nitrogens with zero attached hydrogens (tertiary/aromatic N) is 2. The van der Waals surface area contributed by atoms with Crippen molar-refractivity contribution in [2.24, 2.45) is 10.9 Å². The second kappa shape index (κ2) is 12.1. The Labute approximate surface area is 162 Å². The molecule has 0 aliphatic heterocycles. The standard InChI is InChI=1S/C17H30N4S.HI/c1-14-12-20-16(22-14)10-11-19-17(18-2)21-13-15-8-6-4-3-5-7-9-15;/h12,15H,3-11,13H2,1-2H3,(H2,18,19,21);1H. The van der Waals surface area contributed by atoms with Crippen LogP contribution in [0.4, 0.5) is 0 Å². The molecule has 4 nitrogen and oxygen atoms in total. The van der Waals surface area contributed by atoms with Crippen LogP contribution in [0.25, 0.3) is 0 Å². The van der Waals surface area contributed by atoms with Crippen molar-refractivity contribution < 1.29 is 0 Å². The first-order valence-electron chi connectivity index (χ1n) is 8.63. The van der Waals surface area contributed by atoms with Crippen LogP contribution < -0.4 is 10.6 Å². The van der Waals surface area contributed by atoms with Crippen molar-refractivity contribution in [1.82, 2.24) is 15.6 Å². The Bertz CT molecular complexity index is 453. The highest BCUT2D eigenvalue weighted by Gasteiger charge is 2.11. The number of thiazole rings is 1. The third-order valence-corrected chi connectivity index (χ3v) is 5.28. The highest BCUT2D eigenvalue weighted by atomic mass is 127. The maximum atomic E-state index is 4.40. The van der Waals surface area contributed by atoms with Crippen LogP contribution in [0.3, 0.4) is 0 Å². The van der Waals surface area contributed by atoms with Gasteiger partial charge in [-0.3, -0.25) is 4.99 Å². The van der Waals surface area contributed by atoms with Crippen LogP contribution in [0.2, 0.25) is 0 Å². The third kappa shape index (κ3) is 8.33. The summed E-state index contributed by atoms with van der Waals surface area (Å²) >= 11 is 1.78. The first kappa shape index (κ1) is 20.7. The van der Waals surface area contributed by atoms with E-state index in [0.29, 0.717) is 0 Å². The minimum Gasteiger partial charge on any atom is -0.356 e. The van der Waals surface area contributed by atoms with E-state index >= 15 is 0 Å². The summed E-state index contributed by atoms with van der Waals surface area (Å²) in [5.74, 6) is 1.73. The van der Waals surface area contributed by atoms with E-state index in [9.17, 15) is 0 Å². The zero-order valence-corrected chi connectivity index (χ0v) is 17.6. The van der Waals surface area contributed by atoms with Gasteiger partial charge in [-0.15, -0.1) is 35.3 Å². The minimum absolute atomic E-state index is 0. The molecule has 2 rings (SSSR count). The normalized spacial score (nSPS) is 17.0. The largest absolute Gasteiger partial charge is 0.356 e. The molecule has 1 fully saturated rings. The fourth-order valence-electron chi connectivity index (χ4n) is 3.01. The summed E-state index contributed by atoms with van der Waals surface area (Å²) < 4.78 is 0. The zero-order valence-electron chi connectivity index (χ0n) is 14.4. The van der Waals surface area contributed by atoms with E-state index < -0.39 is 0 Å². The Hall–Kier alpha value is -0.370. The zero-order chi connectivity index (χ0) is 15.6. The van der Waals surface area contributed by atoms with E-state index in [1.165, 1.54) is 54.8 Å². The van der Waals surface area contributed by atoms with Gasteiger partial charge in [0.05, 0.1) is 5.01 Å². The summed E-state index contributed by atoms with van der Waals surface area (Å²) in [6, 6.07) is 0. The summed E-state index contributed by atoms with van der Waals surface area (Å²) in [6.45, 7) is 4.04. The van der Waals surface area contributed by atoms with E-state index in [1.54, 1.807) is 11.3 Å². The fourth-order valence-corrected chi connectivity index (χ4v) is 3.80. The van der Waals surface area contributed by atoms with Gasteiger partial charge in [-0.25, -0.2) is 4.98 Å². The van der Waals surface area contributed by atoms with E-state index in [4.69, 9.17) is 0 Å².